The van der Waals surface area contributed by atoms with Crippen molar-refractivity contribution in [3.05, 3.63) is 23.8 Å². The molecule has 0 aromatic rings. The Bertz CT molecular complexity index is 288. The van der Waals surface area contributed by atoms with Gasteiger partial charge < -0.3 is 0 Å². The van der Waals surface area contributed by atoms with Crippen molar-refractivity contribution in [3.63, 3.8) is 0 Å². The van der Waals surface area contributed by atoms with E-state index in [1.54, 1.807) is 0 Å². The molecular weight excluding hydrogens is 184 g/mol. The third kappa shape index (κ3) is 2.78. The van der Waals surface area contributed by atoms with E-state index in [1.807, 2.05) is 0 Å². The van der Waals surface area contributed by atoms with Crippen LogP contribution in [0.3, 0.4) is 0 Å². The zero-order chi connectivity index (χ0) is 10.8. The van der Waals surface area contributed by atoms with Crippen molar-refractivity contribution >= 4 is 14.1 Å². The van der Waals surface area contributed by atoms with Crippen molar-refractivity contribution in [2.24, 2.45) is 11.3 Å². The second-order valence-electron chi connectivity index (χ2n) is 5.04. The average molecular weight is 206 g/mol. The number of hydrogen-bond acceptors (Lipinski definition) is 0. The highest BCUT2D eigenvalue weighted by atomic mass is 28.2. The molecular formula is C13H22Si. The molecule has 14 heavy (non-hydrogen) atoms. The smallest absolute Gasteiger partial charge is 0.00974 e. The van der Waals surface area contributed by atoms with Crippen LogP contribution in [-0.4, -0.2) is 14.1 Å². The largest absolute Gasteiger partial charge is 0.0935 e. The standard InChI is InChI=1S/C13H22Si/c1-6-13(2,3)12-8-7-11(9-12)10-14(4)5/h7-11H,6H2,1-5H3. The molecule has 1 aliphatic carbocycles. The predicted molar refractivity (Wildman–Crippen MR) is 68.3 cm³/mol. The normalized spacial score (nSPS) is 20.9. The summed E-state index contributed by atoms with van der Waals surface area (Å²) in [6, 6.07) is 0. The molecule has 0 saturated carbocycles. The molecule has 1 unspecified atom stereocenters. The molecule has 0 nitrogen and oxygen atoms in total. The van der Waals surface area contributed by atoms with Crippen LogP contribution in [0.25, 0.3) is 0 Å². The quantitative estimate of drug-likeness (QED) is 0.618. The predicted octanol–water partition coefficient (Wildman–Crippen LogP) is 3.67. The summed E-state index contributed by atoms with van der Waals surface area (Å²) in [5.41, 5.74) is 4.37. The van der Waals surface area contributed by atoms with Crippen LogP contribution in [0, 0.1) is 11.3 Å². The Morgan fingerprint density at radius 1 is 1.43 bits per heavy atom. The molecule has 0 aromatic heterocycles. The Hall–Kier alpha value is -0.433. The first-order chi connectivity index (χ1) is 6.45. The fourth-order valence-corrected chi connectivity index (χ4v) is 2.65. The number of allylic oxidation sites excluding steroid dienone is 4. The third-order valence-electron chi connectivity index (χ3n) is 3.06. The Kier molecular flexibility index (Phi) is 3.65. The highest BCUT2D eigenvalue weighted by Gasteiger charge is 2.22. The monoisotopic (exact) mass is 206 g/mol. The topological polar surface area (TPSA) is 0 Å². The maximum atomic E-state index is 2.50. The fourth-order valence-electron chi connectivity index (χ4n) is 1.68. The van der Waals surface area contributed by atoms with Crippen molar-refractivity contribution in [1.29, 1.82) is 0 Å². The molecule has 78 valence electrons. The molecule has 0 saturated heterocycles. The molecule has 0 amide bonds. The second-order valence-corrected chi connectivity index (χ2v) is 7.53. The minimum Gasteiger partial charge on any atom is -0.0935 e. The molecule has 1 rings (SSSR count). The zero-order valence-corrected chi connectivity index (χ0v) is 11.1. The van der Waals surface area contributed by atoms with E-state index in [9.17, 15) is 0 Å². The lowest BCUT2D eigenvalue weighted by atomic mass is 9.82. The van der Waals surface area contributed by atoms with Gasteiger partial charge >= 0.3 is 0 Å². The molecule has 0 radical (unpaired) electrons. The molecule has 1 heteroatoms. The molecule has 0 aromatic carbocycles. The molecule has 0 aliphatic heterocycles. The first-order valence-corrected chi connectivity index (χ1v) is 8.09. The van der Waals surface area contributed by atoms with E-state index in [0.717, 1.165) is 0 Å². The summed E-state index contributed by atoms with van der Waals surface area (Å²) in [5, 5.41) is 0. The fraction of sp³-hybridized carbons (Fsp3) is 0.615. The first-order valence-electron chi connectivity index (χ1n) is 5.51. The van der Waals surface area contributed by atoms with Gasteiger partial charge in [0, 0.05) is 5.92 Å². The SMILES string of the molecule is CCC(C)(C)C1=CC(C=[Si](C)C)C=C1. The first kappa shape index (κ1) is 11.6. The van der Waals surface area contributed by atoms with Gasteiger partial charge in [0.05, 0.1) is 0 Å². The van der Waals surface area contributed by atoms with Crippen molar-refractivity contribution in [1.82, 2.24) is 0 Å². The molecule has 0 bridgehead atoms. The minimum atomic E-state index is -0.213. The van der Waals surface area contributed by atoms with Gasteiger partial charge in [-0.15, -0.1) is 0 Å². The van der Waals surface area contributed by atoms with E-state index >= 15 is 0 Å². The van der Waals surface area contributed by atoms with Gasteiger partial charge in [-0.05, 0) is 25.8 Å². The van der Waals surface area contributed by atoms with Crippen LogP contribution in [-0.2, 0) is 0 Å². The van der Waals surface area contributed by atoms with Gasteiger partial charge in [-0.1, -0.05) is 57.8 Å². The van der Waals surface area contributed by atoms with Crippen molar-refractivity contribution in [2.75, 3.05) is 0 Å². The molecule has 0 fully saturated rings. The van der Waals surface area contributed by atoms with E-state index in [1.165, 1.54) is 12.0 Å². The molecule has 1 atom stereocenters. The van der Waals surface area contributed by atoms with Gasteiger partial charge in [-0.25, -0.2) is 0 Å². The Morgan fingerprint density at radius 2 is 2.07 bits per heavy atom. The van der Waals surface area contributed by atoms with Crippen LogP contribution in [0.4, 0.5) is 0 Å². The summed E-state index contributed by atoms with van der Waals surface area (Å²) in [7, 11) is -0.213. The van der Waals surface area contributed by atoms with Crippen LogP contribution < -0.4 is 0 Å². The van der Waals surface area contributed by atoms with Crippen LogP contribution in [0.5, 0.6) is 0 Å². The second kappa shape index (κ2) is 4.39. The molecule has 0 heterocycles. The Balaban J connectivity index is 2.79. The summed E-state index contributed by atoms with van der Waals surface area (Å²) in [4.78, 5) is 0. The van der Waals surface area contributed by atoms with E-state index in [-0.39, 0.29) is 8.41 Å². The Labute approximate surface area is 90.0 Å². The number of hydrogen-bond donors (Lipinski definition) is 0. The van der Waals surface area contributed by atoms with E-state index in [2.05, 4.69) is 57.8 Å². The highest BCUT2D eigenvalue weighted by Crippen LogP contribution is 2.34. The molecule has 0 N–H and O–H groups in total. The van der Waals surface area contributed by atoms with Crippen LogP contribution >= 0.6 is 0 Å². The average Bonchev–Trinajstić information content (AvgIpc) is 2.52. The van der Waals surface area contributed by atoms with Crippen molar-refractivity contribution in [3.8, 4) is 0 Å². The lowest BCUT2D eigenvalue weighted by Gasteiger charge is -2.23. The maximum Gasteiger partial charge on any atom is 0.00974 e. The third-order valence-corrected chi connectivity index (χ3v) is 4.11. The summed E-state index contributed by atoms with van der Waals surface area (Å²) >= 11 is 0. The van der Waals surface area contributed by atoms with Gasteiger partial charge in [0.1, 0.15) is 0 Å². The van der Waals surface area contributed by atoms with Gasteiger partial charge in [0.25, 0.3) is 0 Å². The molecule has 0 spiro atoms. The van der Waals surface area contributed by atoms with E-state index < -0.39 is 0 Å². The minimum absolute atomic E-state index is 0.213. The van der Waals surface area contributed by atoms with E-state index in [4.69, 9.17) is 0 Å². The molecule has 1 aliphatic rings. The zero-order valence-electron chi connectivity index (χ0n) is 10.1. The summed E-state index contributed by atoms with van der Waals surface area (Å²) in [5.74, 6) is 0.611. The summed E-state index contributed by atoms with van der Waals surface area (Å²) in [6.07, 6.45) is 8.30. The van der Waals surface area contributed by atoms with Crippen LogP contribution in [0.15, 0.2) is 23.8 Å². The van der Waals surface area contributed by atoms with Gasteiger partial charge in [0.15, 0.2) is 0 Å². The lowest BCUT2D eigenvalue weighted by molar-refractivity contribution is 0.440. The van der Waals surface area contributed by atoms with Gasteiger partial charge in [-0.3, -0.25) is 0 Å². The summed E-state index contributed by atoms with van der Waals surface area (Å²) in [6.45, 7) is 11.6. The lowest BCUT2D eigenvalue weighted by Crippen LogP contribution is -2.11. The summed E-state index contributed by atoms with van der Waals surface area (Å²) < 4.78 is 0. The van der Waals surface area contributed by atoms with Crippen molar-refractivity contribution in [2.45, 2.75) is 40.3 Å². The Morgan fingerprint density at radius 3 is 2.57 bits per heavy atom. The maximum absolute atomic E-state index is 2.50. The van der Waals surface area contributed by atoms with Crippen molar-refractivity contribution < 1.29 is 0 Å². The van der Waals surface area contributed by atoms with Gasteiger partial charge in [-0.2, -0.15) is 0 Å². The van der Waals surface area contributed by atoms with Gasteiger partial charge in [0.2, 0.25) is 0 Å². The highest BCUT2D eigenvalue weighted by molar-refractivity contribution is 6.64. The van der Waals surface area contributed by atoms with Crippen LogP contribution in [0.2, 0.25) is 13.1 Å². The van der Waals surface area contributed by atoms with E-state index in [0.29, 0.717) is 11.3 Å². The number of rotatable bonds is 3. The van der Waals surface area contributed by atoms with Crippen LogP contribution in [0.1, 0.15) is 27.2 Å².